The van der Waals surface area contributed by atoms with E-state index in [9.17, 15) is 14.4 Å². The highest BCUT2D eigenvalue weighted by molar-refractivity contribution is 7.13. The lowest BCUT2D eigenvalue weighted by molar-refractivity contribution is -0.129. The van der Waals surface area contributed by atoms with E-state index >= 15 is 0 Å². The Kier molecular flexibility index (Phi) is 9.88. The zero-order valence-electron chi connectivity index (χ0n) is 23.3. The van der Waals surface area contributed by atoms with Crippen molar-refractivity contribution in [2.75, 3.05) is 11.9 Å². The largest absolute Gasteiger partial charge is 0.494 e. The second-order valence-electron chi connectivity index (χ2n) is 9.91. The van der Waals surface area contributed by atoms with E-state index in [1.165, 1.54) is 16.0 Å². The van der Waals surface area contributed by atoms with E-state index in [2.05, 4.69) is 15.4 Å². The highest BCUT2D eigenvalue weighted by Gasteiger charge is 2.26. The summed E-state index contributed by atoms with van der Waals surface area (Å²) < 4.78 is 7.07. The van der Waals surface area contributed by atoms with Crippen molar-refractivity contribution in [1.82, 2.24) is 20.2 Å². The first-order chi connectivity index (χ1) is 21.0. The third-order valence-corrected chi connectivity index (χ3v) is 7.65. The molecule has 0 spiro atoms. The summed E-state index contributed by atoms with van der Waals surface area (Å²) in [6.45, 7) is 0.575. The fourth-order valence-electron chi connectivity index (χ4n) is 4.76. The molecule has 11 heteroatoms. The Bertz CT molecular complexity index is 1720. The van der Waals surface area contributed by atoms with Gasteiger partial charge in [-0.05, 0) is 53.8 Å². The summed E-state index contributed by atoms with van der Waals surface area (Å²) in [5.41, 5.74) is 3.79. The van der Waals surface area contributed by atoms with Gasteiger partial charge in [-0.1, -0.05) is 61.4 Å². The monoisotopic (exact) mass is 597 g/mol. The number of hydroxylamine groups is 1. The van der Waals surface area contributed by atoms with Gasteiger partial charge in [0.15, 0.2) is 11.2 Å². The number of amides is 2. The topological polar surface area (TPSA) is 135 Å². The average molecular weight is 598 g/mol. The summed E-state index contributed by atoms with van der Waals surface area (Å²) in [5.74, 6) is -0.00175. The molecular formula is C32H31N5O5S. The van der Waals surface area contributed by atoms with Crippen LogP contribution < -0.4 is 21.1 Å². The van der Waals surface area contributed by atoms with Gasteiger partial charge in [-0.15, -0.1) is 11.3 Å². The van der Waals surface area contributed by atoms with Crippen molar-refractivity contribution >= 4 is 39.1 Å². The van der Waals surface area contributed by atoms with Gasteiger partial charge < -0.3 is 4.74 Å². The summed E-state index contributed by atoms with van der Waals surface area (Å²) >= 11 is 1.30. The maximum absolute atomic E-state index is 13.6. The highest BCUT2D eigenvalue weighted by Crippen LogP contribution is 2.26. The molecule has 2 aromatic heterocycles. The van der Waals surface area contributed by atoms with E-state index in [0.29, 0.717) is 34.5 Å². The van der Waals surface area contributed by atoms with Crippen molar-refractivity contribution in [2.24, 2.45) is 0 Å². The molecular weight excluding hydrogens is 566 g/mol. The predicted molar refractivity (Wildman–Crippen MR) is 165 cm³/mol. The maximum atomic E-state index is 13.6. The molecule has 0 fully saturated rings. The molecule has 1 unspecified atom stereocenters. The normalized spacial score (nSPS) is 11.7. The number of carbonyl (C=O) groups excluding carboxylic acids is 2. The predicted octanol–water partition coefficient (Wildman–Crippen LogP) is 5.58. The lowest BCUT2D eigenvalue weighted by Crippen LogP contribution is -2.35. The van der Waals surface area contributed by atoms with Gasteiger partial charge in [-0.3, -0.25) is 24.9 Å². The number of unbranched alkanes of at least 4 members (excludes halogenated alkanes) is 3. The fourth-order valence-corrected chi connectivity index (χ4v) is 5.29. The van der Waals surface area contributed by atoms with Crippen molar-refractivity contribution in [3.8, 4) is 16.9 Å². The molecule has 0 aliphatic rings. The average Bonchev–Trinajstić information content (AvgIpc) is 3.55. The van der Waals surface area contributed by atoms with E-state index in [1.54, 1.807) is 41.5 Å². The zero-order valence-corrected chi connectivity index (χ0v) is 24.1. The van der Waals surface area contributed by atoms with Crippen LogP contribution in [0.4, 0.5) is 5.13 Å². The van der Waals surface area contributed by atoms with E-state index in [4.69, 9.17) is 9.94 Å². The number of nitrogens with one attached hydrogen (secondary N) is 2. The van der Waals surface area contributed by atoms with Crippen LogP contribution in [0.15, 0.2) is 95.4 Å². The van der Waals surface area contributed by atoms with Gasteiger partial charge in [0.2, 0.25) is 5.91 Å². The second kappa shape index (κ2) is 14.3. The summed E-state index contributed by atoms with van der Waals surface area (Å²) in [6.07, 6.45) is 6.96. The minimum atomic E-state index is -0.970. The number of fused-ring (bicyclic) bond motifs is 1. The summed E-state index contributed by atoms with van der Waals surface area (Å²) in [6, 6.07) is 21.4. The van der Waals surface area contributed by atoms with Gasteiger partial charge in [0, 0.05) is 23.4 Å². The Balaban J connectivity index is 1.28. The third-order valence-electron chi connectivity index (χ3n) is 6.96. The Morgan fingerprint density at radius 3 is 2.47 bits per heavy atom. The van der Waals surface area contributed by atoms with Crippen LogP contribution >= 0.6 is 11.3 Å². The molecule has 5 rings (SSSR count). The lowest BCUT2D eigenvalue weighted by atomic mass is 10.0. The Morgan fingerprint density at radius 2 is 1.72 bits per heavy atom. The number of nitrogens with zero attached hydrogens (tertiary/aromatic N) is 3. The maximum Gasteiger partial charge on any atom is 0.275 e. The van der Waals surface area contributed by atoms with Crippen LogP contribution in [0.1, 0.15) is 43.7 Å². The molecule has 1 atom stereocenters. The molecule has 220 valence electrons. The first kappa shape index (κ1) is 29.6. The van der Waals surface area contributed by atoms with Crippen LogP contribution in [0.3, 0.4) is 0 Å². The molecule has 0 aliphatic carbocycles. The van der Waals surface area contributed by atoms with Crippen LogP contribution in [-0.2, 0) is 9.59 Å². The number of rotatable bonds is 13. The molecule has 2 amide bonds. The van der Waals surface area contributed by atoms with Gasteiger partial charge in [-0.25, -0.2) is 15.1 Å². The summed E-state index contributed by atoms with van der Waals surface area (Å²) in [7, 11) is 0. The minimum absolute atomic E-state index is 0.318. The third kappa shape index (κ3) is 7.51. The SMILES string of the molecule is O=C(CCCCCCOc1ccc(-c2ccc3c(=O)n(C(C(=O)Nc4nccs4)c4ccccc4)ncc3c2)cc1)NO. The number of ether oxygens (including phenoxy) is 1. The molecule has 0 aliphatic heterocycles. The highest BCUT2D eigenvalue weighted by atomic mass is 32.1. The number of benzene rings is 3. The van der Waals surface area contributed by atoms with Crippen molar-refractivity contribution in [2.45, 2.75) is 38.1 Å². The van der Waals surface area contributed by atoms with Gasteiger partial charge in [0.05, 0.1) is 18.2 Å². The number of hydrogen-bond donors (Lipinski definition) is 3. The summed E-state index contributed by atoms with van der Waals surface area (Å²) in [5, 5.41) is 19.1. The van der Waals surface area contributed by atoms with Crippen LogP contribution in [0.2, 0.25) is 0 Å². The smallest absolute Gasteiger partial charge is 0.275 e. The second-order valence-corrected chi connectivity index (χ2v) is 10.8. The quantitative estimate of drug-likeness (QED) is 0.0916. The Hall–Kier alpha value is -4.87. The van der Waals surface area contributed by atoms with Gasteiger partial charge in [-0.2, -0.15) is 5.10 Å². The van der Waals surface area contributed by atoms with Crippen molar-refractivity contribution in [3.05, 3.63) is 106 Å². The number of carbonyl (C=O) groups is 2. The minimum Gasteiger partial charge on any atom is -0.494 e. The van der Waals surface area contributed by atoms with Crippen LogP contribution in [-0.4, -0.2) is 38.4 Å². The Morgan fingerprint density at radius 1 is 0.953 bits per heavy atom. The molecule has 0 saturated carbocycles. The molecule has 0 saturated heterocycles. The van der Waals surface area contributed by atoms with Crippen LogP contribution in [0.25, 0.3) is 21.9 Å². The molecule has 0 radical (unpaired) electrons. The molecule has 3 aromatic carbocycles. The van der Waals surface area contributed by atoms with Crippen LogP contribution in [0.5, 0.6) is 5.75 Å². The molecule has 2 heterocycles. The van der Waals surface area contributed by atoms with Gasteiger partial charge >= 0.3 is 0 Å². The Labute approximate surface area is 251 Å². The first-order valence-corrected chi connectivity index (χ1v) is 14.8. The number of hydrogen-bond acceptors (Lipinski definition) is 8. The van der Waals surface area contributed by atoms with Gasteiger partial charge in [0.25, 0.3) is 11.5 Å². The fraction of sp³-hybridized carbons (Fsp3) is 0.219. The van der Waals surface area contributed by atoms with Crippen molar-refractivity contribution in [3.63, 3.8) is 0 Å². The van der Waals surface area contributed by atoms with E-state index < -0.39 is 11.9 Å². The van der Waals surface area contributed by atoms with Crippen molar-refractivity contribution in [1.29, 1.82) is 0 Å². The summed E-state index contributed by atoms with van der Waals surface area (Å²) in [4.78, 5) is 42.1. The standard InChI is InChI=1S/C32H31N5O5S/c38-28(36-41)10-6-1-2-7-18-42-26-14-11-22(12-15-26)24-13-16-27-25(20-24)21-34-37(31(27)40)29(23-8-4-3-5-9-23)30(39)35-32-33-17-19-43-32/h3-5,8-9,11-17,19-21,29,41H,1-2,6-7,10,18H2,(H,36,38)(H,33,35,39). The molecule has 10 nitrogen and oxygen atoms in total. The van der Waals surface area contributed by atoms with E-state index in [0.717, 1.165) is 42.6 Å². The number of aromatic nitrogens is 3. The number of anilines is 1. The van der Waals surface area contributed by atoms with Gasteiger partial charge in [0.1, 0.15) is 5.75 Å². The number of thiazole rings is 1. The first-order valence-electron chi connectivity index (χ1n) is 14.0. The molecule has 5 aromatic rings. The lowest BCUT2D eigenvalue weighted by Gasteiger charge is -2.18. The van der Waals surface area contributed by atoms with E-state index in [-0.39, 0.29) is 11.5 Å². The van der Waals surface area contributed by atoms with E-state index in [1.807, 2.05) is 54.6 Å². The van der Waals surface area contributed by atoms with Crippen LogP contribution in [0, 0.1) is 0 Å². The molecule has 3 N–H and O–H groups in total. The molecule has 0 bridgehead atoms. The van der Waals surface area contributed by atoms with Crippen molar-refractivity contribution < 1.29 is 19.5 Å². The zero-order chi connectivity index (χ0) is 30.0. The molecule has 43 heavy (non-hydrogen) atoms.